The van der Waals surface area contributed by atoms with Crippen molar-refractivity contribution in [3.05, 3.63) is 41.4 Å². The summed E-state index contributed by atoms with van der Waals surface area (Å²) in [5, 5.41) is 9.82. The molecule has 0 radical (unpaired) electrons. The van der Waals surface area contributed by atoms with Crippen molar-refractivity contribution in [2.75, 3.05) is 38.7 Å². The Labute approximate surface area is 257 Å². The number of pyridine rings is 1. The minimum absolute atomic E-state index is 0.168. The van der Waals surface area contributed by atoms with Gasteiger partial charge in [-0.25, -0.2) is 14.8 Å². The van der Waals surface area contributed by atoms with E-state index in [4.69, 9.17) is 45.3 Å². The Balaban J connectivity index is 0.961. The van der Waals surface area contributed by atoms with Gasteiger partial charge in [-0.3, -0.25) is 0 Å². The molecule has 10 heteroatoms. The number of methoxy groups -OCH3 is 1. The predicted molar refractivity (Wildman–Crippen MR) is 165 cm³/mol. The van der Waals surface area contributed by atoms with Crippen LogP contribution in [0.15, 0.2) is 36.4 Å². The van der Waals surface area contributed by atoms with Crippen LogP contribution in [0.1, 0.15) is 46.5 Å². The Kier molecular flexibility index (Phi) is 7.95. The molecule has 8 rings (SSSR count). The first-order valence-corrected chi connectivity index (χ1v) is 16.0. The zero-order valence-corrected chi connectivity index (χ0v) is 26.1. The molecule has 5 heterocycles. The first-order valence-electron chi connectivity index (χ1n) is 15.6. The predicted octanol–water partition coefficient (Wildman–Crippen LogP) is 6.28. The monoisotopic (exact) mass is 611 g/mol. The van der Waals surface area contributed by atoms with Crippen LogP contribution in [-0.4, -0.2) is 62.3 Å². The number of hydrogen-bond donors (Lipinski definition) is 2. The second kappa shape index (κ2) is 11.6. The summed E-state index contributed by atoms with van der Waals surface area (Å²) >= 11 is 6.27. The van der Waals surface area contributed by atoms with E-state index in [2.05, 4.69) is 24.5 Å². The van der Waals surface area contributed by atoms with Crippen molar-refractivity contribution in [1.82, 2.24) is 10.3 Å². The van der Waals surface area contributed by atoms with E-state index in [1.807, 2.05) is 43.3 Å². The molecule has 1 spiro atoms. The van der Waals surface area contributed by atoms with Crippen LogP contribution in [0.2, 0.25) is 5.02 Å². The molecule has 43 heavy (non-hydrogen) atoms. The Hall–Kier alpha value is -2.24. The molecule has 1 aliphatic carbocycles. The van der Waals surface area contributed by atoms with Crippen LogP contribution in [-0.2, 0) is 24.0 Å². The molecule has 2 aromatic carbocycles. The molecule has 2 bridgehead atoms. The van der Waals surface area contributed by atoms with Crippen molar-refractivity contribution in [2.24, 2.45) is 23.7 Å². The maximum atomic E-state index is 6.54. The highest BCUT2D eigenvalue weighted by molar-refractivity contribution is 6.31. The van der Waals surface area contributed by atoms with E-state index in [-0.39, 0.29) is 18.1 Å². The number of anilines is 1. The topological polar surface area (TPSA) is 92.3 Å². The third-order valence-electron chi connectivity index (χ3n) is 10.2. The molecular weight excluding hydrogens is 570 g/mol. The molecule has 8 atom stereocenters. The normalized spacial score (nSPS) is 35.1. The number of nitrogens with zero attached hydrogens (tertiary/aromatic N) is 1. The van der Waals surface area contributed by atoms with Crippen molar-refractivity contribution in [1.29, 1.82) is 0 Å². The standard InChI is InChI=1S/C33H42ClN3O6/c1-19-5-9-26-20(2)30(40-31-33(26)25(19)11-12-32(3,41-31)42-43-33)39-16-15-35-13-14-36-29-23-8-6-21(34)17-28(23)37-27-10-7-22(38-4)18-24(27)29/h6-8,10,17-20,25-26,30-31,35H,5,9,11-16H2,1-4H3,(H,36,37)/t19-,20-,25+,26+,30+,31-,32?,33-/m1/s1. The molecule has 2 N–H and O–H groups in total. The number of fused-ring (bicyclic) bond motifs is 4. The highest BCUT2D eigenvalue weighted by Crippen LogP contribution is 2.60. The fourth-order valence-corrected chi connectivity index (χ4v) is 8.09. The molecule has 9 nitrogen and oxygen atoms in total. The lowest BCUT2D eigenvalue weighted by molar-refractivity contribution is -0.577. The maximum Gasteiger partial charge on any atom is 0.201 e. The van der Waals surface area contributed by atoms with Crippen molar-refractivity contribution < 1.29 is 28.7 Å². The smallest absolute Gasteiger partial charge is 0.201 e. The Morgan fingerprint density at radius 1 is 0.977 bits per heavy atom. The molecule has 1 aromatic heterocycles. The summed E-state index contributed by atoms with van der Waals surface area (Å²) in [4.78, 5) is 17.0. The third-order valence-corrected chi connectivity index (χ3v) is 10.4. The average molecular weight is 612 g/mol. The van der Waals surface area contributed by atoms with Crippen molar-refractivity contribution in [3.63, 3.8) is 0 Å². The van der Waals surface area contributed by atoms with Gasteiger partial charge in [0.1, 0.15) is 5.75 Å². The van der Waals surface area contributed by atoms with E-state index in [1.165, 1.54) is 6.42 Å². The number of benzene rings is 2. The molecule has 0 amide bonds. The summed E-state index contributed by atoms with van der Waals surface area (Å²) in [6.07, 6.45) is 3.23. The molecule has 232 valence electrons. The van der Waals surface area contributed by atoms with E-state index in [9.17, 15) is 0 Å². The fourth-order valence-electron chi connectivity index (χ4n) is 7.92. The van der Waals surface area contributed by atoms with Gasteiger partial charge in [-0.05, 0) is 74.4 Å². The van der Waals surface area contributed by atoms with E-state index >= 15 is 0 Å². The largest absolute Gasteiger partial charge is 0.497 e. The highest BCUT2D eigenvalue weighted by Gasteiger charge is 2.69. The van der Waals surface area contributed by atoms with Crippen LogP contribution in [0.25, 0.3) is 21.8 Å². The van der Waals surface area contributed by atoms with Crippen molar-refractivity contribution >= 4 is 39.1 Å². The summed E-state index contributed by atoms with van der Waals surface area (Å²) in [6, 6.07) is 11.7. The van der Waals surface area contributed by atoms with Gasteiger partial charge in [0.2, 0.25) is 5.79 Å². The number of ether oxygens (including phenoxy) is 4. The van der Waals surface area contributed by atoms with Crippen LogP contribution < -0.4 is 15.4 Å². The highest BCUT2D eigenvalue weighted by atomic mass is 35.5. The summed E-state index contributed by atoms with van der Waals surface area (Å²) in [7, 11) is 1.67. The quantitative estimate of drug-likeness (QED) is 0.165. The lowest BCUT2D eigenvalue weighted by Crippen LogP contribution is -2.70. The van der Waals surface area contributed by atoms with E-state index in [0.29, 0.717) is 30.0 Å². The van der Waals surface area contributed by atoms with Gasteiger partial charge in [0, 0.05) is 53.7 Å². The first kappa shape index (κ1) is 29.5. The average Bonchev–Trinajstić information content (AvgIpc) is 3.23. The van der Waals surface area contributed by atoms with E-state index in [0.717, 1.165) is 65.6 Å². The zero-order valence-electron chi connectivity index (χ0n) is 25.4. The molecule has 5 aliphatic rings. The molecule has 1 saturated carbocycles. The van der Waals surface area contributed by atoms with Gasteiger partial charge in [0.15, 0.2) is 18.2 Å². The summed E-state index contributed by atoms with van der Waals surface area (Å²) < 4.78 is 24.8. The third kappa shape index (κ3) is 5.17. The van der Waals surface area contributed by atoms with Gasteiger partial charge in [0.25, 0.3) is 0 Å². The number of aromatic nitrogens is 1. The SMILES string of the molecule is COc1ccc2nc3cc(Cl)ccc3c(NCCNCCO[C@H]3O[C@@H]4OC5(C)CC[C@H]6[C@H](C)CC[C@@H]([C@H]3C)[C@@]46OO5)c2c1. The summed E-state index contributed by atoms with van der Waals surface area (Å²) in [6.45, 7) is 9.22. The molecule has 3 aromatic rings. The summed E-state index contributed by atoms with van der Waals surface area (Å²) in [5.41, 5.74) is 2.20. The van der Waals surface area contributed by atoms with Crippen LogP contribution in [0, 0.1) is 23.7 Å². The molecule has 4 aliphatic heterocycles. The van der Waals surface area contributed by atoms with Crippen LogP contribution in [0.5, 0.6) is 5.75 Å². The van der Waals surface area contributed by atoms with Crippen LogP contribution >= 0.6 is 11.6 Å². The molecule has 1 unspecified atom stereocenters. The maximum absolute atomic E-state index is 6.54. The minimum Gasteiger partial charge on any atom is -0.497 e. The fraction of sp³-hybridized carbons (Fsp3) is 0.606. The Morgan fingerprint density at radius 3 is 2.72 bits per heavy atom. The Morgan fingerprint density at radius 2 is 1.86 bits per heavy atom. The molecule has 5 fully saturated rings. The van der Waals surface area contributed by atoms with Crippen LogP contribution in [0.4, 0.5) is 5.69 Å². The summed E-state index contributed by atoms with van der Waals surface area (Å²) in [5.74, 6) is 1.34. The second-order valence-electron chi connectivity index (χ2n) is 12.9. The van der Waals surface area contributed by atoms with Gasteiger partial charge in [-0.1, -0.05) is 25.4 Å². The van der Waals surface area contributed by atoms with Crippen molar-refractivity contribution in [3.8, 4) is 5.75 Å². The second-order valence-corrected chi connectivity index (χ2v) is 13.3. The number of halogens is 1. The van der Waals surface area contributed by atoms with Gasteiger partial charge in [0.05, 0.1) is 30.4 Å². The Bertz CT molecular complexity index is 1490. The number of hydrogen-bond acceptors (Lipinski definition) is 9. The van der Waals surface area contributed by atoms with Crippen LogP contribution in [0.3, 0.4) is 0 Å². The van der Waals surface area contributed by atoms with Gasteiger partial charge in [-0.15, -0.1) is 0 Å². The van der Waals surface area contributed by atoms with Crippen molar-refractivity contribution in [2.45, 2.75) is 70.4 Å². The molecule has 4 saturated heterocycles. The lowest BCUT2D eigenvalue weighted by atomic mass is 9.58. The zero-order chi connectivity index (χ0) is 29.8. The van der Waals surface area contributed by atoms with Gasteiger partial charge in [-0.2, -0.15) is 0 Å². The number of nitrogens with one attached hydrogen (secondary N) is 2. The first-order chi connectivity index (χ1) is 20.8. The van der Waals surface area contributed by atoms with Gasteiger partial charge < -0.3 is 29.6 Å². The minimum atomic E-state index is -0.778. The number of rotatable bonds is 9. The van der Waals surface area contributed by atoms with E-state index in [1.54, 1.807) is 7.11 Å². The van der Waals surface area contributed by atoms with Gasteiger partial charge >= 0.3 is 0 Å². The lowest BCUT2D eigenvalue weighted by Gasteiger charge is -2.60. The van der Waals surface area contributed by atoms with E-state index < -0.39 is 17.7 Å². The molecular formula is C33H42ClN3O6.